The van der Waals surface area contributed by atoms with E-state index in [-0.39, 0.29) is 24.8 Å². The highest BCUT2D eigenvalue weighted by Gasteiger charge is 1.69. The van der Waals surface area contributed by atoms with E-state index in [0.29, 0.717) is 13.2 Å². The maximum absolute atomic E-state index is 9.44. The number of aliphatic hydroxyl groups is 4. The van der Waals surface area contributed by atoms with Crippen molar-refractivity contribution in [2.75, 3.05) is 26.4 Å². The first-order valence-electron chi connectivity index (χ1n) is 8.50. The van der Waals surface area contributed by atoms with Crippen LogP contribution in [0.5, 0.6) is 0 Å². The quantitative estimate of drug-likeness (QED) is 0.615. The molecule has 0 aliphatic heterocycles. The fourth-order valence-corrected chi connectivity index (χ4v) is 0.316. The molecule has 4 N–H and O–H groups in total. The molecule has 0 saturated heterocycles. The molecule has 0 aliphatic rings. The lowest BCUT2D eigenvalue weighted by Gasteiger charge is -1.79. The zero-order chi connectivity index (χ0) is 20.8. The van der Waals surface area contributed by atoms with Crippen LogP contribution in [0.2, 0.25) is 0 Å². The molecule has 0 atom stereocenters. The number of hydrogen-bond acceptors (Lipinski definition) is 6. The first-order valence-corrected chi connectivity index (χ1v) is 8.50. The van der Waals surface area contributed by atoms with Gasteiger partial charge in [0.15, 0.2) is 0 Å². The van der Waals surface area contributed by atoms with Gasteiger partial charge in [0.2, 0.25) is 0 Å². The maximum Gasteiger partial charge on any atom is 0.126 e. The third-order valence-electron chi connectivity index (χ3n) is 1.02. The number of carbonyl (C=O) groups excluding carboxylic acids is 2. The van der Waals surface area contributed by atoms with Crippen molar-refractivity contribution >= 4 is 11.6 Å². The summed E-state index contributed by atoms with van der Waals surface area (Å²) in [4.78, 5) is 18.9. The van der Waals surface area contributed by atoms with Crippen molar-refractivity contribution in [3.05, 3.63) is 0 Å². The molecular weight excluding hydrogens is 312 g/mol. The van der Waals surface area contributed by atoms with Crippen LogP contribution in [0.4, 0.5) is 0 Å². The number of hydrogen-bond donors (Lipinski definition) is 4. The van der Waals surface area contributed by atoms with Crippen LogP contribution in [0.1, 0.15) is 81.1 Å². The molecule has 6 nitrogen and oxygen atoms in total. The Morgan fingerprint density at radius 2 is 0.708 bits per heavy atom. The first-order chi connectivity index (χ1) is 11.1. The van der Waals surface area contributed by atoms with Crippen molar-refractivity contribution in [2.45, 2.75) is 81.1 Å². The molecule has 0 heterocycles. The van der Waals surface area contributed by atoms with Crippen LogP contribution >= 0.6 is 0 Å². The SMILES string of the molecule is CC(C)=O.CC(C)=O.CCCCO.CCCCO.CCO.CCO. The van der Waals surface area contributed by atoms with Crippen LogP contribution in [0, 0.1) is 0 Å². The maximum atomic E-state index is 9.44. The van der Waals surface area contributed by atoms with Crippen molar-refractivity contribution in [1.82, 2.24) is 0 Å². The molecule has 6 heteroatoms. The molecule has 152 valence electrons. The van der Waals surface area contributed by atoms with Crippen LogP contribution in [0.3, 0.4) is 0 Å². The predicted molar refractivity (Wildman–Crippen MR) is 102 cm³/mol. The highest BCUT2D eigenvalue weighted by Crippen LogP contribution is 1.79. The molecule has 0 aromatic heterocycles. The molecule has 0 aliphatic carbocycles. The van der Waals surface area contributed by atoms with Crippen LogP contribution in [0.15, 0.2) is 0 Å². The van der Waals surface area contributed by atoms with Gasteiger partial charge in [0, 0.05) is 26.4 Å². The van der Waals surface area contributed by atoms with Gasteiger partial charge in [-0.25, -0.2) is 0 Å². The van der Waals surface area contributed by atoms with Gasteiger partial charge in [0.1, 0.15) is 11.6 Å². The van der Waals surface area contributed by atoms with Gasteiger partial charge < -0.3 is 30.0 Å². The van der Waals surface area contributed by atoms with Gasteiger partial charge >= 0.3 is 0 Å². The van der Waals surface area contributed by atoms with Gasteiger partial charge in [-0.15, -0.1) is 0 Å². The largest absolute Gasteiger partial charge is 0.397 e. The number of aliphatic hydroxyl groups excluding tert-OH is 4. The molecule has 0 bridgehead atoms. The summed E-state index contributed by atoms with van der Waals surface area (Å²) < 4.78 is 0. The first kappa shape index (κ1) is 38.6. The zero-order valence-corrected chi connectivity index (χ0v) is 17.3. The van der Waals surface area contributed by atoms with Crippen LogP contribution in [-0.2, 0) is 9.59 Å². The van der Waals surface area contributed by atoms with E-state index in [4.69, 9.17) is 20.4 Å². The molecule has 0 fully saturated rings. The lowest BCUT2D eigenvalue weighted by molar-refractivity contribution is -0.115. The van der Waals surface area contributed by atoms with E-state index in [0.717, 1.165) is 25.7 Å². The van der Waals surface area contributed by atoms with Crippen molar-refractivity contribution in [3.8, 4) is 0 Å². The summed E-state index contributed by atoms with van der Waals surface area (Å²) >= 11 is 0. The Morgan fingerprint density at radius 3 is 0.708 bits per heavy atom. The fourth-order valence-electron chi connectivity index (χ4n) is 0.316. The Balaban J connectivity index is -0.0000000410. The van der Waals surface area contributed by atoms with E-state index in [1.165, 1.54) is 27.7 Å². The summed E-state index contributed by atoms with van der Waals surface area (Å²) in [5.74, 6) is 0.333. The van der Waals surface area contributed by atoms with Crippen molar-refractivity contribution < 1.29 is 30.0 Å². The molecule has 0 spiro atoms. The van der Waals surface area contributed by atoms with Crippen molar-refractivity contribution in [2.24, 2.45) is 0 Å². The van der Waals surface area contributed by atoms with E-state index in [2.05, 4.69) is 13.8 Å². The van der Waals surface area contributed by atoms with Crippen LogP contribution < -0.4 is 0 Å². The summed E-state index contributed by atoms with van der Waals surface area (Å²) in [5.41, 5.74) is 0. The minimum Gasteiger partial charge on any atom is -0.397 e. The normalized spacial score (nSPS) is 7.17. The smallest absolute Gasteiger partial charge is 0.126 e. The van der Waals surface area contributed by atoms with E-state index in [1.807, 2.05) is 0 Å². The number of rotatable bonds is 4. The summed E-state index contributed by atoms with van der Waals surface area (Å²) in [6, 6.07) is 0. The molecule has 0 amide bonds. The predicted octanol–water partition coefficient (Wildman–Crippen LogP) is 2.75. The lowest BCUT2D eigenvalue weighted by atomic mass is 10.4. The monoisotopic (exact) mass is 356 g/mol. The van der Waals surface area contributed by atoms with Gasteiger partial charge in [-0.1, -0.05) is 26.7 Å². The molecule has 0 saturated carbocycles. The van der Waals surface area contributed by atoms with Gasteiger partial charge in [-0.05, 0) is 54.4 Å². The summed E-state index contributed by atoms with van der Waals surface area (Å²) in [5, 5.41) is 31.3. The topological polar surface area (TPSA) is 115 Å². The number of ketones is 2. The molecule has 0 aromatic carbocycles. The highest BCUT2D eigenvalue weighted by molar-refractivity contribution is 5.72. The van der Waals surface area contributed by atoms with Crippen LogP contribution in [0.25, 0.3) is 0 Å². The van der Waals surface area contributed by atoms with Crippen molar-refractivity contribution in [3.63, 3.8) is 0 Å². The fraction of sp³-hybridized carbons (Fsp3) is 0.889. The van der Waals surface area contributed by atoms with E-state index in [1.54, 1.807) is 13.8 Å². The number of Topliss-reactive ketones (excluding diaryl/α,β-unsaturated/α-hetero) is 2. The minimum atomic E-state index is 0.167. The molecule has 0 radical (unpaired) electrons. The molecule has 0 unspecified atom stereocenters. The average molecular weight is 357 g/mol. The zero-order valence-electron chi connectivity index (χ0n) is 17.3. The lowest BCUT2D eigenvalue weighted by Crippen LogP contribution is -1.75. The summed E-state index contributed by atoms with van der Waals surface area (Å²) in [6.45, 7) is 14.8. The number of unbranched alkanes of at least 4 members (excludes halogenated alkanes) is 2. The third-order valence-corrected chi connectivity index (χ3v) is 1.02. The molecule has 0 aromatic rings. The average Bonchev–Trinajstić information content (AvgIpc) is 2.41. The second kappa shape index (κ2) is 57.3. The third kappa shape index (κ3) is 853. The van der Waals surface area contributed by atoms with Gasteiger partial charge in [-0.2, -0.15) is 0 Å². The standard InChI is InChI=1S/2C4H10O.2C3H6O.2C2H6O/c2*1-2-3-4-5;2*1-3(2)4;2*1-2-3/h2*5H,2-4H2,1H3;2*1-2H3;2*3H,2H2,1H3. The summed E-state index contributed by atoms with van der Waals surface area (Å²) in [6.07, 6.45) is 4.08. The van der Waals surface area contributed by atoms with Crippen LogP contribution in [-0.4, -0.2) is 58.4 Å². The summed E-state index contributed by atoms with van der Waals surface area (Å²) in [7, 11) is 0. The van der Waals surface area contributed by atoms with E-state index in [9.17, 15) is 9.59 Å². The highest BCUT2D eigenvalue weighted by atomic mass is 16.3. The second-order valence-electron chi connectivity index (χ2n) is 4.60. The van der Waals surface area contributed by atoms with Gasteiger partial charge in [0.05, 0.1) is 0 Å². The van der Waals surface area contributed by atoms with Gasteiger partial charge in [0.25, 0.3) is 0 Å². The van der Waals surface area contributed by atoms with E-state index >= 15 is 0 Å². The molecule has 24 heavy (non-hydrogen) atoms. The Hall–Kier alpha value is -0.820. The Labute approximate surface area is 149 Å². The second-order valence-corrected chi connectivity index (χ2v) is 4.60. The Bertz CT molecular complexity index is 152. The Kier molecular flexibility index (Phi) is 92.2. The number of carbonyl (C=O) groups is 2. The molecule has 0 rings (SSSR count). The van der Waals surface area contributed by atoms with Gasteiger partial charge in [-0.3, -0.25) is 0 Å². The molecular formula is C18H44O6. The van der Waals surface area contributed by atoms with E-state index < -0.39 is 0 Å². The minimum absolute atomic E-state index is 0.167. The Morgan fingerprint density at radius 1 is 0.583 bits per heavy atom. The van der Waals surface area contributed by atoms with Crippen molar-refractivity contribution in [1.29, 1.82) is 0 Å².